The number of carbonyl (C=O) groups is 1. The molecule has 0 aromatic heterocycles. The lowest BCUT2D eigenvalue weighted by molar-refractivity contribution is -0.125. The van der Waals surface area contributed by atoms with Crippen molar-refractivity contribution in [3.8, 4) is 6.07 Å². The summed E-state index contributed by atoms with van der Waals surface area (Å²) >= 11 is 2.31. The highest BCUT2D eigenvalue weighted by Crippen LogP contribution is 2.17. The summed E-state index contributed by atoms with van der Waals surface area (Å²) in [5.41, 5.74) is 0. The van der Waals surface area contributed by atoms with E-state index in [1.54, 1.807) is 6.92 Å². The zero-order chi connectivity index (χ0) is 8.20. The van der Waals surface area contributed by atoms with Crippen molar-refractivity contribution in [2.24, 2.45) is 0 Å². The fraction of sp³-hybridized carbons (Fsp3) is 0.600. The Hall–Kier alpha value is -0.630. The van der Waals surface area contributed by atoms with Gasteiger partial charge in [-0.2, -0.15) is 5.26 Å². The molecule has 0 aromatic carbocycles. The summed E-state index contributed by atoms with van der Waals surface area (Å²) in [5.74, 6) is -0.961. The van der Waals surface area contributed by atoms with Crippen LogP contribution in [0.15, 0.2) is 0 Å². The van der Waals surface area contributed by atoms with Crippen molar-refractivity contribution in [1.82, 2.24) is 5.32 Å². The molecule has 1 atom stereocenters. The third-order valence-corrected chi connectivity index (χ3v) is 1.30. The van der Waals surface area contributed by atoms with Crippen LogP contribution in [-0.2, 0) is 4.79 Å². The van der Waals surface area contributed by atoms with Gasteiger partial charge in [0.25, 0.3) is 5.91 Å². The van der Waals surface area contributed by atoms with E-state index < -0.39 is 10.5 Å². The zero-order valence-corrected chi connectivity index (χ0v) is 6.90. The van der Waals surface area contributed by atoms with Crippen LogP contribution in [0, 0.1) is 11.3 Å². The van der Waals surface area contributed by atoms with Crippen molar-refractivity contribution in [2.75, 3.05) is 6.54 Å². The van der Waals surface area contributed by atoms with Crippen LogP contribution in [0.4, 0.5) is 4.39 Å². The Morgan fingerprint density at radius 1 is 2.00 bits per heavy atom. The van der Waals surface area contributed by atoms with E-state index in [1.165, 1.54) is 0 Å². The Bertz CT molecular complexity index is 175. The predicted molar refractivity (Wildman–Crippen MR) is 37.1 cm³/mol. The molecule has 10 heavy (non-hydrogen) atoms. The highest BCUT2D eigenvalue weighted by Gasteiger charge is 2.34. The molecule has 0 bridgehead atoms. The molecule has 1 N–H and O–H groups in total. The van der Waals surface area contributed by atoms with E-state index in [-0.39, 0.29) is 0 Å². The molecule has 5 heteroatoms. The number of amides is 1. The van der Waals surface area contributed by atoms with Crippen LogP contribution in [0.3, 0.4) is 0 Å². The molecule has 0 spiro atoms. The number of hydrogen-bond donors (Lipinski definition) is 1. The third kappa shape index (κ3) is 2.31. The fourth-order valence-corrected chi connectivity index (χ4v) is 0.463. The summed E-state index contributed by atoms with van der Waals surface area (Å²) in [6.07, 6.45) is 0. The molecule has 56 valence electrons. The van der Waals surface area contributed by atoms with Gasteiger partial charge in [-0.15, -0.1) is 0 Å². The van der Waals surface area contributed by atoms with Crippen LogP contribution in [0.1, 0.15) is 6.92 Å². The van der Waals surface area contributed by atoms with E-state index in [9.17, 15) is 9.18 Å². The highest BCUT2D eigenvalue weighted by molar-refractivity contribution is 9.10. The van der Waals surface area contributed by atoms with Crippen molar-refractivity contribution in [1.29, 1.82) is 5.26 Å². The Labute approximate surface area is 66.3 Å². The van der Waals surface area contributed by atoms with Gasteiger partial charge in [0.15, 0.2) is 0 Å². The van der Waals surface area contributed by atoms with Crippen LogP contribution in [0.2, 0.25) is 0 Å². The topological polar surface area (TPSA) is 52.9 Å². The average molecular weight is 209 g/mol. The normalized spacial score (nSPS) is 15.0. The standard InChI is InChI=1S/C5H6BrFN2O/c1-2-9-4(10)5(6,7)3-8/h2H2,1H3,(H,9,10). The number of halogens is 2. The average Bonchev–Trinajstić information content (AvgIpc) is 1.89. The first-order valence-electron chi connectivity index (χ1n) is 2.62. The monoisotopic (exact) mass is 208 g/mol. The molecule has 0 heterocycles. The molecule has 0 aliphatic rings. The van der Waals surface area contributed by atoms with Gasteiger partial charge in [-0.1, -0.05) is 0 Å². The minimum atomic E-state index is -2.58. The first-order chi connectivity index (χ1) is 4.54. The van der Waals surface area contributed by atoms with Crippen molar-refractivity contribution < 1.29 is 9.18 Å². The van der Waals surface area contributed by atoms with Crippen LogP contribution in [-0.4, -0.2) is 17.0 Å². The lowest BCUT2D eigenvalue weighted by Gasteiger charge is -2.07. The summed E-state index contributed by atoms with van der Waals surface area (Å²) in [7, 11) is 0. The van der Waals surface area contributed by atoms with Gasteiger partial charge in [-0.25, -0.2) is 4.39 Å². The van der Waals surface area contributed by atoms with E-state index >= 15 is 0 Å². The van der Waals surface area contributed by atoms with Gasteiger partial charge in [0.05, 0.1) is 0 Å². The number of rotatable bonds is 2. The van der Waals surface area contributed by atoms with E-state index in [4.69, 9.17) is 5.26 Å². The molecule has 0 saturated carbocycles. The summed E-state index contributed by atoms with van der Waals surface area (Å²) in [6.45, 7) is 1.94. The molecule has 1 amide bonds. The summed E-state index contributed by atoms with van der Waals surface area (Å²) in [6, 6.07) is 1.16. The summed E-state index contributed by atoms with van der Waals surface area (Å²) < 4.78 is 9.96. The zero-order valence-electron chi connectivity index (χ0n) is 5.32. The molecule has 0 rings (SSSR count). The first kappa shape index (κ1) is 9.37. The van der Waals surface area contributed by atoms with Crippen LogP contribution < -0.4 is 5.32 Å². The van der Waals surface area contributed by atoms with Crippen molar-refractivity contribution in [3.05, 3.63) is 0 Å². The molecular weight excluding hydrogens is 203 g/mol. The third-order valence-electron chi connectivity index (χ3n) is 0.763. The second-order valence-electron chi connectivity index (χ2n) is 1.55. The molecule has 0 fully saturated rings. The SMILES string of the molecule is CCNC(=O)C(F)(Br)C#N. The van der Waals surface area contributed by atoms with Crippen molar-refractivity contribution in [3.63, 3.8) is 0 Å². The predicted octanol–water partition coefficient (Wildman–Crippen LogP) is 0.707. The second kappa shape index (κ2) is 3.52. The van der Waals surface area contributed by atoms with Crippen LogP contribution in [0.25, 0.3) is 0 Å². The number of carbonyl (C=O) groups excluding carboxylic acids is 1. The maximum atomic E-state index is 12.5. The highest BCUT2D eigenvalue weighted by atomic mass is 79.9. The summed E-state index contributed by atoms with van der Waals surface area (Å²) in [5, 5.41) is 10.2. The maximum absolute atomic E-state index is 12.5. The molecule has 0 aromatic rings. The Morgan fingerprint density at radius 2 is 2.50 bits per heavy atom. The van der Waals surface area contributed by atoms with Gasteiger partial charge in [0.1, 0.15) is 6.07 Å². The van der Waals surface area contributed by atoms with E-state index in [2.05, 4.69) is 21.2 Å². The molecular formula is C5H6BrFN2O. The number of alkyl halides is 2. The van der Waals surface area contributed by atoms with Gasteiger partial charge in [0.2, 0.25) is 0 Å². The molecule has 1 unspecified atom stereocenters. The minimum absolute atomic E-state index is 0.303. The second-order valence-corrected chi connectivity index (χ2v) is 2.64. The van der Waals surface area contributed by atoms with Gasteiger partial charge in [0, 0.05) is 6.54 Å². The summed E-state index contributed by atoms with van der Waals surface area (Å²) in [4.78, 5) is 10.5. The number of nitrogens with zero attached hydrogens (tertiary/aromatic N) is 1. The van der Waals surface area contributed by atoms with E-state index in [1.807, 2.05) is 0 Å². The maximum Gasteiger partial charge on any atom is 0.326 e. The molecule has 0 saturated heterocycles. The van der Waals surface area contributed by atoms with Gasteiger partial charge in [-0.3, -0.25) is 4.79 Å². The quantitative estimate of drug-likeness (QED) is 0.680. The van der Waals surface area contributed by atoms with E-state index in [0.717, 1.165) is 6.07 Å². The van der Waals surface area contributed by atoms with Gasteiger partial charge < -0.3 is 5.32 Å². The molecule has 0 aliphatic carbocycles. The van der Waals surface area contributed by atoms with Crippen LogP contribution >= 0.6 is 15.9 Å². The van der Waals surface area contributed by atoms with Crippen molar-refractivity contribution >= 4 is 21.8 Å². The molecule has 0 aliphatic heterocycles. The van der Waals surface area contributed by atoms with E-state index in [0.29, 0.717) is 6.54 Å². The van der Waals surface area contributed by atoms with Crippen LogP contribution in [0.5, 0.6) is 0 Å². The lowest BCUT2D eigenvalue weighted by Crippen LogP contribution is -2.37. The Balaban J connectivity index is 4.09. The van der Waals surface area contributed by atoms with Crippen molar-refractivity contribution in [2.45, 2.75) is 11.5 Å². The van der Waals surface area contributed by atoms with Gasteiger partial charge in [-0.05, 0) is 22.9 Å². The smallest absolute Gasteiger partial charge is 0.326 e. The molecule has 0 radical (unpaired) electrons. The number of hydrogen-bond acceptors (Lipinski definition) is 2. The Kier molecular flexibility index (Phi) is 3.30. The lowest BCUT2D eigenvalue weighted by atomic mass is 10.4. The minimum Gasteiger partial charge on any atom is -0.352 e. The number of nitriles is 1. The fourth-order valence-electron chi connectivity index (χ4n) is 0.322. The Morgan fingerprint density at radius 3 is 2.80 bits per heavy atom. The number of nitrogens with one attached hydrogen (secondary N) is 1. The molecule has 3 nitrogen and oxygen atoms in total. The van der Waals surface area contributed by atoms with Gasteiger partial charge >= 0.3 is 4.58 Å². The first-order valence-corrected chi connectivity index (χ1v) is 3.41. The largest absolute Gasteiger partial charge is 0.352 e.